The fourth-order valence-corrected chi connectivity index (χ4v) is 3.43. The van der Waals surface area contributed by atoms with E-state index in [1.54, 1.807) is 0 Å². The zero-order chi connectivity index (χ0) is 19.1. The molecule has 1 amide bonds. The molecule has 0 saturated carbocycles. The van der Waals surface area contributed by atoms with Gasteiger partial charge in [-0.2, -0.15) is 0 Å². The summed E-state index contributed by atoms with van der Waals surface area (Å²) in [5.74, 6) is 0.720. The Balaban J connectivity index is 1.44. The van der Waals surface area contributed by atoms with Crippen LogP contribution in [0.2, 0.25) is 0 Å². The summed E-state index contributed by atoms with van der Waals surface area (Å²) in [6, 6.07) is 14.1. The van der Waals surface area contributed by atoms with Gasteiger partial charge in [0.05, 0.1) is 0 Å². The molecule has 0 bridgehead atoms. The van der Waals surface area contributed by atoms with Crippen LogP contribution in [0.3, 0.4) is 0 Å². The molecule has 1 heterocycles. The van der Waals surface area contributed by atoms with Crippen LogP contribution in [-0.2, 0) is 4.79 Å². The van der Waals surface area contributed by atoms with Crippen LogP contribution in [0.25, 0.3) is 10.8 Å². The van der Waals surface area contributed by atoms with E-state index in [2.05, 4.69) is 34.3 Å². The van der Waals surface area contributed by atoms with E-state index in [-0.39, 0.29) is 5.91 Å². The summed E-state index contributed by atoms with van der Waals surface area (Å²) in [5, 5.41) is 5.33. The third-order valence-electron chi connectivity index (χ3n) is 5.21. The van der Waals surface area contributed by atoms with Gasteiger partial charge < -0.3 is 19.9 Å². The number of hydrogen-bond donors (Lipinski definition) is 1. The Morgan fingerprint density at radius 1 is 1.11 bits per heavy atom. The summed E-state index contributed by atoms with van der Waals surface area (Å²) in [5.41, 5.74) is 0. The number of nitrogens with one attached hydrogen (secondary N) is 1. The lowest BCUT2D eigenvalue weighted by atomic mass is 10.1. The smallest absolute Gasteiger partial charge is 0.261 e. The number of carbonyl (C=O) groups is 1. The SMILES string of the molecule is CC[C@@H](Oc1ccc2ccccc2c1)C(=O)NCCCN1CCN(C)CC1. The second-order valence-corrected chi connectivity index (χ2v) is 7.31. The lowest BCUT2D eigenvalue weighted by Crippen LogP contribution is -2.45. The van der Waals surface area contributed by atoms with E-state index < -0.39 is 6.10 Å². The lowest BCUT2D eigenvalue weighted by Gasteiger charge is -2.32. The molecule has 1 atom stereocenters. The van der Waals surface area contributed by atoms with Crippen molar-refractivity contribution in [2.24, 2.45) is 0 Å². The number of piperazine rings is 1. The third-order valence-corrected chi connectivity index (χ3v) is 5.21. The van der Waals surface area contributed by atoms with Gasteiger partial charge in [-0.15, -0.1) is 0 Å². The van der Waals surface area contributed by atoms with Crippen molar-refractivity contribution in [1.82, 2.24) is 15.1 Å². The molecule has 1 N–H and O–H groups in total. The van der Waals surface area contributed by atoms with Crippen LogP contribution in [0.15, 0.2) is 42.5 Å². The minimum atomic E-state index is -0.449. The summed E-state index contributed by atoms with van der Waals surface area (Å²) in [7, 11) is 2.16. The second-order valence-electron chi connectivity index (χ2n) is 7.31. The molecule has 1 aliphatic rings. The predicted molar refractivity (Wildman–Crippen MR) is 110 cm³/mol. The van der Waals surface area contributed by atoms with Crippen LogP contribution in [0, 0.1) is 0 Å². The maximum absolute atomic E-state index is 12.5. The first-order chi connectivity index (χ1) is 13.2. The average molecular weight is 370 g/mol. The summed E-state index contributed by atoms with van der Waals surface area (Å²) >= 11 is 0. The highest BCUT2D eigenvalue weighted by molar-refractivity contribution is 5.84. The molecule has 2 aromatic rings. The van der Waals surface area contributed by atoms with Gasteiger partial charge in [0, 0.05) is 32.7 Å². The zero-order valence-corrected chi connectivity index (χ0v) is 16.5. The Morgan fingerprint density at radius 2 is 1.85 bits per heavy atom. The molecule has 1 fully saturated rings. The Kier molecular flexibility index (Phi) is 7.07. The van der Waals surface area contributed by atoms with Crippen LogP contribution in [0.1, 0.15) is 19.8 Å². The summed E-state index contributed by atoms with van der Waals surface area (Å²) in [4.78, 5) is 17.3. The van der Waals surface area contributed by atoms with Gasteiger partial charge in [-0.1, -0.05) is 37.3 Å². The number of amides is 1. The van der Waals surface area contributed by atoms with Crippen molar-refractivity contribution in [3.8, 4) is 5.75 Å². The number of nitrogens with zero attached hydrogens (tertiary/aromatic N) is 2. The lowest BCUT2D eigenvalue weighted by molar-refractivity contribution is -0.128. The number of hydrogen-bond acceptors (Lipinski definition) is 4. The van der Waals surface area contributed by atoms with Gasteiger partial charge in [-0.3, -0.25) is 4.79 Å². The van der Waals surface area contributed by atoms with Gasteiger partial charge in [-0.25, -0.2) is 0 Å². The number of benzene rings is 2. The molecule has 5 nitrogen and oxygen atoms in total. The number of ether oxygens (including phenoxy) is 1. The highest BCUT2D eigenvalue weighted by atomic mass is 16.5. The predicted octanol–water partition coefficient (Wildman–Crippen LogP) is 2.75. The largest absolute Gasteiger partial charge is 0.481 e. The van der Waals surface area contributed by atoms with Crippen molar-refractivity contribution in [1.29, 1.82) is 0 Å². The van der Waals surface area contributed by atoms with Gasteiger partial charge in [-0.05, 0) is 49.3 Å². The first-order valence-electron chi connectivity index (χ1n) is 10.00. The van der Waals surface area contributed by atoms with Gasteiger partial charge in [0.2, 0.25) is 0 Å². The highest BCUT2D eigenvalue weighted by Gasteiger charge is 2.18. The average Bonchev–Trinajstić information content (AvgIpc) is 2.70. The molecular formula is C22H31N3O2. The molecule has 1 aliphatic heterocycles. The summed E-state index contributed by atoms with van der Waals surface area (Å²) in [6.45, 7) is 8.21. The molecule has 27 heavy (non-hydrogen) atoms. The van der Waals surface area contributed by atoms with Gasteiger partial charge in [0.15, 0.2) is 6.10 Å². The van der Waals surface area contributed by atoms with E-state index in [0.29, 0.717) is 13.0 Å². The van der Waals surface area contributed by atoms with Crippen molar-refractivity contribution in [3.63, 3.8) is 0 Å². The molecule has 3 rings (SSSR count). The minimum Gasteiger partial charge on any atom is -0.481 e. The number of likely N-dealkylation sites (N-methyl/N-ethyl adjacent to an activating group) is 1. The molecule has 2 aromatic carbocycles. The molecule has 5 heteroatoms. The Bertz CT molecular complexity index is 741. The summed E-state index contributed by atoms with van der Waals surface area (Å²) < 4.78 is 5.96. The van der Waals surface area contributed by atoms with E-state index in [9.17, 15) is 4.79 Å². The Labute approximate surface area is 162 Å². The van der Waals surface area contributed by atoms with Crippen LogP contribution in [0.4, 0.5) is 0 Å². The molecular weight excluding hydrogens is 338 g/mol. The van der Waals surface area contributed by atoms with E-state index in [1.165, 1.54) is 5.39 Å². The van der Waals surface area contributed by atoms with Crippen LogP contribution in [0.5, 0.6) is 5.75 Å². The molecule has 0 aromatic heterocycles. The molecule has 146 valence electrons. The summed E-state index contributed by atoms with van der Waals surface area (Å²) in [6.07, 6.45) is 1.17. The number of carbonyl (C=O) groups excluding carboxylic acids is 1. The number of fused-ring (bicyclic) bond motifs is 1. The number of rotatable bonds is 8. The van der Waals surface area contributed by atoms with E-state index in [4.69, 9.17) is 4.74 Å². The topological polar surface area (TPSA) is 44.8 Å². The van der Waals surface area contributed by atoms with Crippen molar-refractivity contribution < 1.29 is 9.53 Å². The quantitative estimate of drug-likeness (QED) is 0.727. The van der Waals surface area contributed by atoms with E-state index >= 15 is 0 Å². The molecule has 1 saturated heterocycles. The molecule has 0 unspecified atom stereocenters. The Morgan fingerprint density at radius 3 is 2.59 bits per heavy atom. The fourth-order valence-electron chi connectivity index (χ4n) is 3.43. The van der Waals surface area contributed by atoms with Crippen LogP contribution < -0.4 is 10.1 Å². The highest BCUT2D eigenvalue weighted by Crippen LogP contribution is 2.22. The second kappa shape index (κ2) is 9.72. The first kappa shape index (κ1) is 19.6. The van der Waals surface area contributed by atoms with E-state index in [0.717, 1.165) is 50.3 Å². The zero-order valence-electron chi connectivity index (χ0n) is 16.5. The monoisotopic (exact) mass is 369 g/mol. The maximum atomic E-state index is 12.5. The molecule has 0 spiro atoms. The van der Waals surface area contributed by atoms with Gasteiger partial charge in [0.1, 0.15) is 5.75 Å². The van der Waals surface area contributed by atoms with Crippen LogP contribution >= 0.6 is 0 Å². The molecule has 0 radical (unpaired) electrons. The van der Waals surface area contributed by atoms with Crippen molar-refractivity contribution in [2.45, 2.75) is 25.9 Å². The van der Waals surface area contributed by atoms with Gasteiger partial charge >= 0.3 is 0 Å². The third kappa shape index (κ3) is 5.68. The van der Waals surface area contributed by atoms with Gasteiger partial charge in [0.25, 0.3) is 5.91 Å². The Hall–Kier alpha value is -2.11. The maximum Gasteiger partial charge on any atom is 0.261 e. The molecule has 0 aliphatic carbocycles. The van der Waals surface area contributed by atoms with Crippen molar-refractivity contribution >= 4 is 16.7 Å². The normalized spacial score (nSPS) is 17.0. The van der Waals surface area contributed by atoms with E-state index in [1.807, 2.05) is 37.3 Å². The fraction of sp³-hybridized carbons (Fsp3) is 0.500. The van der Waals surface area contributed by atoms with Crippen molar-refractivity contribution in [3.05, 3.63) is 42.5 Å². The first-order valence-corrected chi connectivity index (χ1v) is 10.00. The standard InChI is InChI=1S/C22H31N3O2/c1-3-21(27-20-10-9-18-7-4-5-8-19(18)17-20)22(26)23-11-6-12-25-15-13-24(2)14-16-25/h4-5,7-10,17,21H,3,6,11-16H2,1-2H3,(H,23,26)/t21-/m1/s1. The van der Waals surface area contributed by atoms with Crippen LogP contribution in [-0.4, -0.2) is 68.1 Å². The van der Waals surface area contributed by atoms with Crippen molar-refractivity contribution in [2.75, 3.05) is 46.3 Å². The minimum absolute atomic E-state index is 0.0240.